The van der Waals surface area contributed by atoms with Crippen LogP contribution in [0.3, 0.4) is 0 Å². The van der Waals surface area contributed by atoms with Crippen molar-refractivity contribution in [3.8, 4) is 17.3 Å². The van der Waals surface area contributed by atoms with E-state index in [0.29, 0.717) is 77.2 Å². The molecule has 0 radical (unpaired) electrons. The summed E-state index contributed by atoms with van der Waals surface area (Å²) in [5.74, 6) is -0.910. The van der Waals surface area contributed by atoms with Gasteiger partial charge in [0.15, 0.2) is 12.0 Å². The van der Waals surface area contributed by atoms with Crippen LogP contribution in [-0.4, -0.2) is 92.2 Å². The highest BCUT2D eigenvalue weighted by Gasteiger charge is 2.49. The van der Waals surface area contributed by atoms with Crippen molar-refractivity contribution >= 4 is 45.1 Å². The van der Waals surface area contributed by atoms with E-state index in [1.165, 1.54) is 0 Å². The standard InChI is InChI=1S/C34H38ClF3N8O2/c1-33-8-2-3-10-45(17-33)30-22-14-39-29(26-20(6-4-7-24(37)31(47)43-33)23(35)12-25-21(26)15-40-44-25)27(38)28(22)41-32(42-30)48-18-34-9-5-11-46(34)16-19(36)13-34/h12,14-15,19,24H,2-11,13,16-18H2,1H3,(H,40,44)(H,43,47)/t19-,24-,33-,34+/m1/s1. The molecule has 0 aliphatic carbocycles. The van der Waals surface area contributed by atoms with Crippen LogP contribution in [0.25, 0.3) is 33.1 Å². The molecule has 3 fully saturated rings. The van der Waals surface area contributed by atoms with E-state index in [4.69, 9.17) is 21.3 Å². The summed E-state index contributed by atoms with van der Waals surface area (Å²) >= 11 is 6.78. The number of amides is 1. The second-order valence-corrected chi connectivity index (χ2v) is 14.6. The quantitative estimate of drug-likeness (QED) is 0.277. The van der Waals surface area contributed by atoms with Gasteiger partial charge < -0.3 is 15.0 Å². The molecule has 1 aromatic carbocycles. The first-order valence-electron chi connectivity index (χ1n) is 16.9. The average molecular weight is 683 g/mol. The van der Waals surface area contributed by atoms with Crippen LogP contribution >= 0.6 is 11.6 Å². The van der Waals surface area contributed by atoms with E-state index in [2.05, 4.69) is 30.4 Å². The van der Waals surface area contributed by atoms with Crippen LogP contribution in [0.5, 0.6) is 6.01 Å². The Kier molecular flexibility index (Phi) is 7.89. The number of benzene rings is 1. The Balaban J connectivity index is 1.31. The summed E-state index contributed by atoms with van der Waals surface area (Å²) in [6, 6.07) is 1.69. The third kappa shape index (κ3) is 5.42. The lowest BCUT2D eigenvalue weighted by molar-refractivity contribution is -0.128. The molecule has 1 amide bonds. The van der Waals surface area contributed by atoms with Gasteiger partial charge >= 0.3 is 6.01 Å². The number of ether oxygens (including phenoxy) is 1. The molecule has 0 unspecified atom stereocenters. The smallest absolute Gasteiger partial charge is 0.319 e. The van der Waals surface area contributed by atoms with Gasteiger partial charge in [0.1, 0.15) is 29.8 Å². The molecule has 6 bridgehead atoms. The minimum absolute atomic E-state index is 0.0169. The monoisotopic (exact) mass is 682 g/mol. The highest BCUT2D eigenvalue weighted by Crippen LogP contribution is 2.42. The topological polar surface area (TPSA) is 112 Å². The number of pyridine rings is 1. The maximum Gasteiger partial charge on any atom is 0.319 e. The summed E-state index contributed by atoms with van der Waals surface area (Å²) in [6.45, 7) is 4.14. The van der Waals surface area contributed by atoms with Gasteiger partial charge in [0.05, 0.1) is 28.2 Å². The fourth-order valence-electron chi connectivity index (χ4n) is 8.41. The molecule has 3 saturated heterocycles. The largest absolute Gasteiger partial charge is 0.461 e. The van der Waals surface area contributed by atoms with Crippen LogP contribution in [0.2, 0.25) is 5.02 Å². The van der Waals surface area contributed by atoms with Crippen molar-refractivity contribution in [3.63, 3.8) is 0 Å². The van der Waals surface area contributed by atoms with E-state index in [1.54, 1.807) is 18.5 Å². The molecule has 0 spiro atoms. The van der Waals surface area contributed by atoms with Crippen molar-refractivity contribution in [2.45, 2.75) is 88.1 Å². The zero-order valence-electron chi connectivity index (χ0n) is 26.8. The first kappa shape index (κ1) is 31.6. The predicted octanol–water partition coefficient (Wildman–Crippen LogP) is 5.86. The summed E-state index contributed by atoms with van der Waals surface area (Å²) < 4.78 is 53.4. The molecule has 2 N–H and O–H groups in total. The second-order valence-electron chi connectivity index (χ2n) is 14.2. The molecular formula is C34H38ClF3N8O2. The third-order valence-corrected chi connectivity index (χ3v) is 11.1. The van der Waals surface area contributed by atoms with Crippen LogP contribution in [-0.2, 0) is 11.2 Å². The molecule has 4 aromatic rings. The van der Waals surface area contributed by atoms with Crippen molar-refractivity contribution in [1.82, 2.24) is 35.4 Å². The maximum atomic E-state index is 17.1. The number of anilines is 1. The molecule has 9 rings (SSSR count). The molecule has 5 aliphatic rings. The minimum Gasteiger partial charge on any atom is -0.461 e. The van der Waals surface area contributed by atoms with Crippen LogP contribution in [0.15, 0.2) is 18.5 Å². The number of hydrogen-bond donors (Lipinski definition) is 2. The number of alkyl halides is 2. The molecular weight excluding hydrogens is 645 g/mol. The number of nitrogens with one attached hydrogen (secondary N) is 2. The number of aromatic amines is 1. The number of aromatic nitrogens is 5. The number of rotatable bonds is 3. The zero-order chi connectivity index (χ0) is 33.2. The van der Waals surface area contributed by atoms with Gasteiger partial charge in [-0.05, 0) is 76.5 Å². The molecule has 0 saturated carbocycles. The zero-order valence-corrected chi connectivity index (χ0v) is 27.6. The van der Waals surface area contributed by atoms with Gasteiger partial charge in [-0.2, -0.15) is 15.1 Å². The Labute approximate surface area is 280 Å². The summed E-state index contributed by atoms with van der Waals surface area (Å²) in [7, 11) is 0. The average Bonchev–Trinajstić information content (AvgIpc) is 3.71. The Morgan fingerprint density at radius 2 is 1.98 bits per heavy atom. The number of H-pyrrole nitrogens is 1. The van der Waals surface area contributed by atoms with Crippen LogP contribution in [0.1, 0.15) is 63.9 Å². The second kappa shape index (κ2) is 12.0. The van der Waals surface area contributed by atoms with E-state index in [1.807, 2.05) is 11.8 Å². The number of hydrogen-bond acceptors (Lipinski definition) is 8. The van der Waals surface area contributed by atoms with Gasteiger partial charge in [0.2, 0.25) is 0 Å². The first-order chi connectivity index (χ1) is 23.1. The van der Waals surface area contributed by atoms with Crippen molar-refractivity contribution in [2.75, 3.05) is 37.7 Å². The van der Waals surface area contributed by atoms with Gasteiger partial charge in [-0.25, -0.2) is 13.2 Å². The van der Waals surface area contributed by atoms with Gasteiger partial charge in [-0.15, -0.1) is 0 Å². The molecule has 8 heterocycles. The van der Waals surface area contributed by atoms with E-state index in [-0.39, 0.29) is 36.7 Å². The molecule has 5 aliphatic heterocycles. The van der Waals surface area contributed by atoms with Crippen molar-refractivity contribution in [3.05, 3.63) is 34.9 Å². The maximum absolute atomic E-state index is 17.1. The van der Waals surface area contributed by atoms with Crippen molar-refractivity contribution in [1.29, 1.82) is 0 Å². The lowest BCUT2D eigenvalue weighted by Crippen LogP contribution is -2.54. The van der Waals surface area contributed by atoms with E-state index >= 15 is 8.78 Å². The van der Waals surface area contributed by atoms with Crippen LogP contribution in [0.4, 0.5) is 19.0 Å². The number of carbonyl (C=O) groups is 1. The summed E-state index contributed by atoms with van der Waals surface area (Å²) in [6.07, 6.45) is 5.40. The summed E-state index contributed by atoms with van der Waals surface area (Å²) in [5, 5.41) is 11.4. The normalized spacial score (nSPS) is 28.2. The molecule has 48 heavy (non-hydrogen) atoms. The minimum atomic E-state index is -1.72. The van der Waals surface area contributed by atoms with Crippen LogP contribution < -0.4 is 15.0 Å². The Hall–Kier alpha value is -3.71. The van der Waals surface area contributed by atoms with Crippen molar-refractivity contribution < 1.29 is 22.7 Å². The number of fused-ring (bicyclic) bond motifs is 8. The molecule has 10 nitrogen and oxygen atoms in total. The molecule has 14 heteroatoms. The summed E-state index contributed by atoms with van der Waals surface area (Å²) in [5.41, 5.74) is 0.439. The fourth-order valence-corrected chi connectivity index (χ4v) is 8.71. The van der Waals surface area contributed by atoms with Crippen molar-refractivity contribution in [2.24, 2.45) is 0 Å². The number of nitrogens with zero attached hydrogens (tertiary/aromatic N) is 6. The van der Waals surface area contributed by atoms with E-state index in [9.17, 15) is 9.18 Å². The molecule has 254 valence electrons. The Bertz CT molecular complexity index is 1910. The predicted molar refractivity (Wildman–Crippen MR) is 176 cm³/mol. The van der Waals surface area contributed by atoms with Crippen LogP contribution in [0, 0.1) is 5.82 Å². The lowest BCUT2D eigenvalue weighted by atomic mass is 9.93. The summed E-state index contributed by atoms with van der Waals surface area (Å²) in [4.78, 5) is 31.5. The number of carbonyl (C=O) groups excluding carboxylic acids is 1. The Morgan fingerprint density at radius 3 is 2.85 bits per heavy atom. The van der Waals surface area contributed by atoms with Gasteiger partial charge in [-0.1, -0.05) is 11.6 Å². The van der Waals surface area contributed by atoms with Gasteiger partial charge in [0.25, 0.3) is 5.91 Å². The first-order valence-corrected chi connectivity index (χ1v) is 17.2. The Morgan fingerprint density at radius 1 is 1.10 bits per heavy atom. The highest BCUT2D eigenvalue weighted by atomic mass is 35.5. The highest BCUT2D eigenvalue weighted by molar-refractivity contribution is 6.33. The van der Waals surface area contributed by atoms with E-state index in [0.717, 1.165) is 32.2 Å². The lowest BCUT2D eigenvalue weighted by Gasteiger charge is -2.35. The number of halogens is 4. The van der Waals surface area contributed by atoms with Gasteiger partial charge in [0, 0.05) is 48.2 Å². The van der Waals surface area contributed by atoms with E-state index < -0.39 is 35.1 Å². The molecule has 3 aromatic heterocycles. The fraction of sp³-hybridized carbons (Fsp3) is 0.559. The SMILES string of the molecule is C[C@@]12CCCCN(C1)c1nc(OC[C@@]34CCCN3C[C@H](F)C4)nc3c(F)c(ncc13)-c1c(c(Cl)cc3[nH]ncc13)CCC[C@@H](F)C(=O)N2. The van der Waals surface area contributed by atoms with Gasteiger partial charge in [-0.3, -0.25) is 19.8 Å². The third-order valence-electron chi connectivity index (χ3n) is 10.8. The molecule has 4 atom stereocenters.